The molecule has 0 spiro atoms. The molecule has 7 nitrogen and oxygen atoms in total. The molecular formula is C16H15NO6. The third kappa shape index (κ3) is 3.63. The van der Waals surface area contributed by atoms with Gasteiger partial charge < -0.3 is 9.15 Å². The molecule has 0 N–H and O–H groups in total. The van der Waals surface area contributed by atoms with Crippen molar-refractivity contribution in [2.45, 2.75) is 20.8 Å². The first-order chi connectivity index (χ1) is 10.8. The van der Waals surface area contributed by atoms with Crippen molar-refractivity contribution in [1.29, 1.82) is 0 Å². The molecular weight excluding hydrogens is 302 g/mol. The van der Waals surface area contributed by atoms with Gasteiger partial charge in [0.25, 0.3) is 0 Å². The van der Waals surface area contributed by atoms with E-state index in [1.54, 1.807) is 0 Å². The highest BCUT2D eigenvalue weighted by Gasteiger charge is 2.20. The summed E-state index contributed by atoms with van der Waals surface area (Å²) >= 11 is 0. The van der Waals surface area contributed by atoms with Crippen LogP contribution in [0.2, 0.25) is 0 Å². The second-order valence-electron chi connectivity index (χ2n) is 5.17. The third-order valence-corrected chi connectivity index (χ3v) is 3.26. The molecule has 0 aliphatic heterocycles. The van der Waals surface area contributed by atoms with E-state index in [4.69, 9.17) is 9.15 Å². The fourth-order valence-corrected chi connectivity index (χ4v) is 2.43. The number of furan rings is 1. The summed E-state index contributed by atoms with van der Waals surface area (Å²) < 4.78 is 9.60. The first-order valence-corrected chi connectivity index (χ1v) is 6.82. The van der Waals surface area contributed by atoms with Gasteiger partial charge in [0, 0.05) is 5.56 Å². The topological polar surface area (TPSA) is 99.7 Å². The summed E-state index contributed by atoms with van der Waals surface area (Å²) in [5.41, 5.74) is 3.15. The molecule has 1 aromatic heterocycles. The van der Waals surface area contributed by atoms with Crippen LogP contribution >= 0.6 is 0 Å². The van der Waals surface area contributed by atoms with E-state index in [0.717, 1.165) is 28.8 Å². The molecule has 0 aliphatic rings. The lowest BCUT2D eigenvalue weighted by atomic mass is 9.97. The van der Waals surface area contributed by atoms with Crippen molar-refractivity contribution in [3.8, 4) is 0 Å². The quantitative estimate of drug-likeness (QED) is 0.363. The third-order valence-electron chi connectivity index (χ3n) is 3.26. The monoisotopic (exact) mass is 317 g/mol. The highest BCUT2D eigenvalue weighted by Crippen LogP contribution is 2.19. The maximum atomic E-state index is 12.2. The standard InChI is InChI=1S/C16H15NO6/c1-9-6-10(2)15(11(3)7-9)12(18)8-22-16(19)13-4-5-14(23-13)17(20)21/h4-7H,8H2,1-3H3. The normalized spacial score (nSPS) is 10.4. The first kappa shape index (κ1) is 16.4. The average molecular weight is 317 g/mol. The molecule has 0 amide bonds. The Balaban J connectivity index is 2.07. The number of hydrogen-bond donors (Lipinski definition) is 0. The number of hydrogen-bond acceptors (Lipinski definition) is 6. The van der Waals surface area contributed by atoms with Gasteiger partial charge in [0.15, 0.2) is 6.61 Å². The van der Waals surface area contributed by atoms with E-state index in [2.05, 4.69) is 0 Å². The van der Waals surface area contributed by atoms with Gasteiger partial charge in [0.1, 0.15) is 4.92 Å². The van der Waals surface area contributed by atoms with Crippen molar-refractivity contribution in [1.82, 2.24) is 0 Å². The van der Waals surface area contributed by atoms with E-state index in [1.807, 2.05) is 32.9 Å². The Morgan fingerprint density at radius 1 is 1.17 bits per heavy atom. The Kier molecular flexibility index (Phi) is 4.59. The minimum atomic E-state index is -0.922. The SMILES string of the molecule is Cc1cc(C)c(C(=O)COC(=O)c2ccc([N+](=O)[O-])o2)c(C)c1. The van der Waals surface area contributed by atoms with E-state index in [1.165, 1.54) is 0 Å². The lowest BCUT2D eigenvalue weighted by molar-refractivity contribution is -0.402. The van der Waals surface area contributed by atoms with E-state index in [0.29, 0.717) is 5.56 Å². The Labute approximate surface area is 132 Å². The van der Waals surface area contributed by atoms with Gasteiger partial charge in [-0.15, -0.1) is 0 Å². The van der Waals surface area contributed by atoms with Crippen molar-refractivity contribution in [2.75, 3.05) is 6.61 Å². The van der Waals surface area contributed by atoms with Crippen molar-refractivity contribution >= 4 is 17.6 Å². The molecule has 0 fully saturated rings. The number of nitro groups is 1. The molecule has 2 aromatic rings. The molecule has 0 saturated heterocycles. The Bertz CT molecular complexity index is 767. The van der Waals surface area contributed by atoms with Gasteiger partial charge in [-0.1, -0.05) is 17.7 Å². The smallest absolute Gasteiger partial charge is 0.433 e. The van der Waals surface area contributed by atoms with Crippen LogP contribution < -0.4 is 0 Å². The molecule has 0 radical (unpaired) electrons. The second-order valence-corrected chi connectivity index (χ2v) is 5.17. The minimum Gasteiger partial charge on any atom is -0.451 e. The van der Waals surface area contributed by atoms with Crippen LogP contribution in [0.5, 0.6) is 0 Å². The molecule has 23 heavy (non-hydrogen) atoms. The summed E-state index contributed by atoms with van der Waals surface area (Å²) in [6.45, 7) is 5.09. The van der Waals surface area contributed by atoms with Crippen LogP contribution in [-0.4, -0.2) is 23.3 Å². The maximum Gasteiger partial charge on any atom is 0.433 e. The highest BCUT2D eigenvalue weighted by atomic mass is 16.7. The lowest BCUT2D eigenvalue weighted by Crippen LogP contribution is -2.16. The van der Waals surface area contributed by atoms with Crippen LogP contribution in [0, 0.1) is 30.9 Å². The average Bonchev–Trinajstić information content (AvgIpc) is 2.93. The molecule has 1 heterocycles. The Morgan fingerprint density at radius 3 is 2.30 bits per heavy atom. The molecule has 0 bridgehead atoms. The van der Waals surface area contributed by atoms with E-state index in [-0.39, 0.29) is 11.5 Å². The summed E-state index contributed by atoms with van der Waals surface area (Å²) in [5.74, 6) is -2.14. The van der Waals surface area contributed by atoms with Crippen LogP contribution in [0.15, 0.2) is 28.7 Å². The lowest BCUT2D eigenvalue weighted by Gasteiger charge is -2.10. The second kappa shape index (κ2) is 6.43. The number of Topliss-reactive ketones (excluding diaryl/α,β-unsaturated/α-hetero) is 1. The van der Waals surface area contributed by atoms with E-state index in [9.17, 15) is 19.7 Å². The summed E-state index contributed by atoms with van der Waals surface area (Å²) in [6, 6.07) is 5.93. The van der Waals surface area contributed by atoms with Crippen molar-refractivity contribution in [3.63, 3.8) is 0 Å². The largest absolute Gasteiger partial charge is 0.451 e. The summed E-state index contributed by atoms with van der Waals surface area (Å²) in [7, 11) is 0. The number of carbonyl (C=O) groups is 2. The summed E-state index contributed by atoms with van der Waals surface area (Å²) in [4.78, 5) is 33.7. The number of ketones is 1. The number of esters is 1. The Hall–Kier alpha value is -2.96. The van der Waals surface area contributed by atoms with Gasteiger partial charge in [-0.05, 0) is 38.0 Å². The number of nitrogens with zero attached hydrogens (tertiary/aromatic N) is 1. The van der Waals surface area contributed by atoms with Crippen LogP contribution in [0.25, 0.3) is 0 Å². The number of rotatable bonds is 5. The van der Waals surface area contributed by atoms with Gasteiger partial charge >= 0.3 is 11.9 Å². The van der Waals surface area contributed by atoms with Gasteiger partial charge in [-0.25, -0.2) is 4.79 Å². The van der Waals surface area contributed by atoms with Crippen molar-refractivity contribution in [2.24, 2.45) is 0 Å². The van der Waals surface area contributed by atoms with Gasteiger partial charge in [-0.2, -0.15) is 0 Å². The number of benzene rings is 1. The highest BCUT2D eigenvalue weighted by molar-refractivity contribution is 6.01. The van der Waals surface area contributed by atoms with Crippen molar-refractivity contribution in [3.05, 3.63) is 62.4 Å². The molecule has 0 atom stereocenters. The zero-order chi connectivity index (χ0) is 17.1. The summed E-state index contributed by atoms with van der Waals surface area (Å²) in [6.07, 6.45) is 0. The predicted octanol–water partition coefficient (Wildman–Crippen LogP) is 3.15. The summed E-state index contributed by atoms with van der Waals surface area (Å²) in [5, 5.41) is 10.5. The molecule has 0 saturated carbocycles. The molecule has 1 aromatic carbocycles. The van der Waals surface area contributed by atoms with Gasteiger partial charge in [-0.3, -0.25) is 14.9 Å². The minimum absolute atomic E-state index is 0.318. The van der Waals surface area contributed by atoms with Crippen LogP contribution in [-0.2, 0) is 4.74 Å². The molecule has 2 rings (SSSR count). The maximum absolute atomic E-state index is 12.2. The van der Waals surface area contributed by atoms with Gasteiger partial charge in [0.05, 0.1) is 6.07 Å². The number of ether oxygens (including phenoxy) is 1. The fourth-order valence-electron chi connectivity index (χ4n) is 2.43. The van der Waals surface area contributed by atoms with Crippen LogP contribution in [0.3, 0.4) is 0 Å². The molecule has 120 valence electrons. The number of aryl methyl sites for hydroxylation is 3. The zero-order valence-corrected chi connectivity index (χ0v) is 12.9. The van der Waals surface area contributed by atoms with Crippen molar-refractivity contribution < 1.29 is 23.7 Å². The van der Waals surface area contributed by atoms with E-state index >= 15 is 0 Å². The Morgan fingerprint density at radius 2 is 1.78 bits per heavy atom. The fraction of sp³-hybridized carbons (Fsp3) is 0.250. The number of carbonyl (C=O) groups excluding carboxylic acids is 2. The molecule has 0 aliphatic carbocycles. The zero-order valence-electron chi connectivity index (χ0n) is 12.9. The predicted molar refractivity (Wildman–Crippen MR) is 80.6 cm³/mol. The molecule has 7 heteroatoms. The van der Waals surface area contributed by atoms with E-state index < -0.39 is 23.4 Å². The first-order valence-electron chi connectivity index (χ1n) is 6.82. The van der Waals surface area contributed by atoms with Crippen LogP contribution in [0.4, 0.5) is 5.88 Å². The van der Waals surface area contributed by atoms with Crippen LogP contribution in [0.1, 0.15) is 37.6 Å². The molecule has 0 unspecified atom stereocenters. The van der Waals surface area contributed by atoms with Gasteiger partial charge in [0.2, 0.25) is 11.5 Å².